The van der Waals surface area contributed by atoms with Gasteiger partial charge in [-0.1, -0.05) is 20.8 Å². The molecule has 1 amide bonds. The van der Waals surface area contributed by atoms with Crippen molar-refractivity contribution in [3.05, 3.63) is 39.1 Å². The van der Waals surface area contributed by atoms with Crippen LogP contribution >= 0.6 is 11.3 Å². The first-order chi connectivity index (χ1) is 19.2. The van der Waals surface area contributed by atoms with E-state index in [1.165, 1.54) is 37.3 Å². The number of amides is 1. The molecule has 1 unspecified atom stereocenters. The number of Topliss-reactive ketones (excluding diaryl/α,β-unsaturated/α-hetero) is 1. The SMILES string of the molecule is CC1CCCN(C2CCN(C(=O)Cc3csc(CC(=O)c4[nH]nc5c4C(C)(C)Cc4cnc(N)nc4-5)n3)CC2)C1. The molecule has 3 N–H and O–H groups in total. The van der Waals surface area contributed by atoms with Gasteiger partial charge in [0, 0.05) is 42.8 Å². The minimum Gasteiger partial charge on any atom is -0.368 e. The molecular weight excluding hydrogens is 524 g/mol. The number of rotatable bonds is 6. The summed E-state index contributed by atoms with van der Waals surface area (Å²) >= 11 is 1.43. The molecule has 2 aliphatic heterocycles. The Morgan fingerprint density at radius 3 is 2.70 bits per heavy atom. The van der Waals surface area contributed by atoms with Crippen LogP contribution < -0.4 is 5.73 Å². The topological polar surface area (TPSA) is 134 Å². The summed E-state index contributed by atoms with van der Waals surface area (Å²) in [5, 5.41) is 10.1. The van der Waals surface area contributed by atoms with Crippen molar-refractivity contribution in [3.8, 4) is 11.4 Å². The number of nitrogen functional groups attached to an aromatic ring is 1. The molecule has 0 radical (unpaired) electrons. The highest BCUT2D eigenvalue weighted by molar-refractivity contribution is 7.09. The second kappa shape index (κ2) is 10.7. The number of nitrogens with zero attached hydrogens (tertiary/aromatic N) is 6. The normalized spacial score (nSPS) is 21.2. The third-order valence-corrected chi connectivity index (χ3v) is 9.62. The summed E-state index contributed by atoms with van der Waals surface area (Å²) in [5.74, 6) is 1.01. The summed E-state index contributed by atoms with van der Waals surface area (Å²) in [7, 11) is 0. The molecular formula is C29H38N8O2S. The van der Waals surface area contributed by atoms with E-state index in [-0.39, 0.29) is 35.9 Å². The Kier molecular flexibility index (Phi) is 7.20. The maximum Gasteiger partial charge on any atom is 0.228 e. The van der Waals surface area contributed by atoms with Crippen molar-refractivity contribution in [1.82, 2.24) is 34.9 Å². The van der Waals surface area contributed by atoms with Crippen LogP contribution in [0, 0.1) is 5.92 Å². The second-order valence-electron chi connectivity index (χ2n) is 12.3. The number of H-pyrrole nitrogens is 1. The van der Waals surface area contributed by atoms with Crippen molar-refractivity contribution in [2.24, 2.45) is 5.92 Å². The van der Waals surface area contributed by atoms with Crippen molar-refractivity contribution in [1.29, 1.82) is 0 Å². The summed E-state index contributed by atoms with van der Waals surface area (Å²) < 4.78 is 0. The number of fused-ring (bicyclic) bond motifs is 3. The number of ketones is 1. The van der Waals surface area contributed by atoms with E-state index < -0.39 is 0 Å². The fraction of sp³-hybridized carbons (Fsp3) is 0.586. The van der Waals surface area contributed by atoms with E-state index in [9.17, 15) is 9.59 Å². The van der Waals surface area contributed by atoms with E-state index >= 15 is 0 Å². The number of nitrogens with one attached hydrogen (secondary N) is 1. The lowest BCUT2D eigenvalue weighted by Crippen LogP contribution is -2.49. The minimum absolute atomic E-state index is 0.0753. The van der Waals surface area contributed by atoms with E-state index in [2.05, 4.69) is 50.8 Å². The quantitative estimate of drug-likeness (QED) is 0.437. The third-order valence-electron chi connectivity index (χ3n) is 8.73. The van der Waals surface area contributed by atoms with Crippen molar-refractivity contribution in [2.75, 3.05) is 31.9 Å². The highest BCUT2D eigenvalue weighted by Crippen LogP contribution is 2.43. The molecule has 11 heteroatoms. The van der Waals surface area contributed by atoms with Gasteiger partial charge in [0.05, 0.1) is 24.2 Å². The Morgan fingerprint density at radius 1 is 1.12 bits per heavy atom. The molecule has 212 valence electrons. The maximum absolute atomic E-state index is 13.4. The van der Waals surface area contributed by atoms with E-state index in [1.54, 1.807) is 6.20 Å². The van der Waals surface area contributed by atoms with Crippen LogP contribution in [0.4, 0.5) is 5.95 Å². The van der Waals surface area contributed by atoms with E-state index in [0.29, 0.717) is 34.6 Å². The number of piperidine rings is 2. The van der Waals surface area contributed by atoms with Gasteiger partial charge in [-0.3, -0.25) is 19.6 Å². The number of carbonyl (C=O) groups excluding carboxylic acids is 2. The fourth-order valence-electron chi connectivity index (χ4n) is 6.73. The summed E-state index contributed by atoms with van der Waals surface area (Å²) in [6, 6.07) is 0.597. The highest BCUT2D eigenvalue weighted by Gasteiger charge is 2.38. The Bertz CT molecular complexity index is 1420. The average molecular weight is 563 g/mol. The largest absolute Gasteiger partial charge is 0.368 e. The summed E-state index contributed by atoms with van der Waals surface area (Å²) in [4.78, 5) is 44.3. The molecule has 0 bridgehead atoms. The molecule has 0 spiro atoms. The van der Waals surface area contributed by atoms with Gasteiger partial charge in [0.15, 0.2) is 5.78 Å². The van der Waals surface area contributed by atoms with Crippen LogP contribution in [-0.2, 0) is 29.5 Å². The highest BCUT2D eigenvalue weighted by atomic mass is 32.1. The molecule has 1 aliphatic carbocycles. The van der Waals surface area contributed by atoms with Gasteiger partial charge in [-0.05, 0) is 55.5 Å². The lowest BCUT2D eigenvalue weighted by Gasteiger charge is -2.41. The van der Waals surface area contributed by atoms with E-state index in [4.69, 9.17) is 5.73 Å². The van der Waals surface area contributed by atoms with Gasteiger partial charge in [-0.15, -0.1) is 11.3 Å². The number of carbonyl (C=O) groups is 2. The number of aromatic nitrogens is 5. The number of hydrogen-bond donors (Lipinski definition) is 2. The molecule has 0 aromatic carbocycles. The number of likely N-dealkylation sites (tertiary alicyclic amines) is 2. The molecule has 2 saturated heterocycles. The molecule has 10 nitrogen and oxygen atoms in total. The minimum atomic E-state index is -0.319. The number of anilines is 1. The zero-order valence-electron chi connectivity index (χ0n) is 23.6. The van der Waals surface area contributed by atoms with Crippen LogP contribution in [0.15, 0.2) is 11.6 Å². The van der Waals surface area contributed by atoms with Crippen LogP contribution in [-0.4, -0.2) is 78.9 Å². The van der Waals surface area contributed by atoms with Crippen molar-refractivity contribution in [2.45, 2.75) is 77.2 Å². The van der Waals surface area contributed by atoms with Crippen molar-refractivity contribution in [3.63, 3.8) is 0 Å². The number of nitrogens with two attached hydrogens (primary N) is 1. The predicted molar refractivity (Wildman–Crippen MR) is 154 cm³/mol. The van der Waals surface area contributed by atoms with Crippen molar-refractivity contribution >= 4 is 29.0 Å². The van der Waals surface area contributed by atoms with Gasteiger partial charge in [-0.2, -0.15) is 5.10 Å². The van der Waals surface area contributed by atoms with E-state index in [1.807, 2.05) is 10.3 Å². The second-order valence-corrected chi connectivity index (χ2v) is 13.3. The van der Waals surface area contributed by atoms with Crippen LogP contribution in [0.3, 0.4) is 0 Å². The molecule has 40 heavy (non-hydrogen) atoms. The molecule has 3 aromatic heterocycles. The predicted octanol–water partition coefficient (Wildman–Crippen LogP) is 3.43. The number of thiazole rings is 1. The molecule has 3 aromatic rings. The first-order valence-corrected chi connectivity index (χ1v) is 15.2. The first kappa shape index (κ1) is 27.0. The van der Waals surface area contributed by atoms with Crippen LogP contribution in [0.2, 0.25) is 0 Å². The van der Waals surface area contributed by atoms with Crippen LogP contribution in [0.25, 0.3) is 11.4 Å². The Hall–Kier alpha value is -3.18. The monoisotopic (exact) mass is 562 g/mol. The van der Waals surface area contributed by atoms with Gasteiger partial charge < -0.3 is 10.6 Å². The summed E-state index contributed by atoms with van der Waals surface area (Å²) in [5.41, 5.74) is 9.91. The molecule has 5 heterocycles. The van der Waals surface area contributed by atoms with Gasteiger partial charge in [0.1, 0.15) is 16.4 Å². The molecule has 6 rings (SSSR count). The summed E-state index contributed by atoms with van der Waals surface area (Å²) in [6.07, 6.45) is 7.57. The lowest BCUT2D eigenvalue weighted by molar-refractivity contribution is -0.132. The lowest BCUT2D eigenvalue weighted by atomic mass is 9.73. The van der Waals surface area contributed by atoms with Gasteiger partial charge in [0.25, 0.3) is 0 Å². The fourth-order valence-corrected chi connectivity index (χ4v) is 7.53. The van der Waals surface area contributed by atoms with Gasteiger partial charge in [-0.25, -0.2) is 15.0 Å². The Morgan fingerprint density at radius 2 is 1.93 bits per heavy atom. The summed E-state index contributed by atoms with van der Waals surface area (Å²) in [6.45, 7) is 10.5. The average Bonchev–Trinajstić information content (AvgIpc) is 3.57. The molecule has 3 aliphatic rings. The van der Waals surface area contributed by atoms with Crippen LogP contribution in [0.5, 0.6) is 0 Å². The van der Waals surface area contributed by atoms with Crippen molar-refractivity contribution < 1.29 is 9.59 Å². The zero-order chi connectivity index (χ0) is 28.0. The smallest absolute Gasteiger partial charge is 0.228 e. The maximum atomic E-state index is 13.4. The molecule has 0 saturated carbocycles. The Labute approximate surface area is 238 Å². The van der Waals surface area contributed by atoms with E-state index in [0.717, 1.165) is 48.7 Å². The molecule has 1 atom stereocenters. The molecule has 2 fully saturated rings. The zero-order valence-corrected chi connectivity index (χ0v) is 24.4. The van der Waals surface area contributed by atoms with Gasteiger partial charge in [0.2, 0.25) is 11.9 Å². The van der Waals surface area contributed by atoms with Gasteiger partial charge >= 0.3 is 0 Å². The number of aromatic amines is 1. The number of hydrogen-bond acceptors (Lipinski definition) is 9. The standard InChI is InChI=1S/C29H38N8O2S/c1-17-5-4-8-37(15-17)20-6-9-36(10-7-20)23(39)11-19-16-40-22(32-19)12-21(38)26-24-27(35-34-26)25-18(13-29(24,2)3)14-31-28(30)33-25/h14,16-17,20H,4-13,15H2,1-3H3,(H,34,35)(H2,30,31,33). The third kappa shape index (κ3) is 5.28. The Balaban J connectivity index is 1.08. The van der Waals surface area contributed by atoms with Crippen LogP contribution in [0.1, 0.15) is 78.8 Å². The first-order valence-electron chi connectivity index (χ1n) is 14.4.